The van der Waals surface area contributed by atoms with Crippen molar-refractivity contribution in [3.8, 4) is 0 Å². The summed E-state index contributed by atoms with van der Waals surface area (Å²) in [6, 6.07) is 0.445. The van der Waals surface area contributed by atoms with Crippen LogP contribution in [0.25, 0.3) is 0 Å². The number of nitrogens with zero attached hydrogens (tertiary/aromatic N) is 5. The lowest BCUT2D eigenvalue weighted by Gasteiger charge is -2.46. The Morgan fingerprint density at radius 1 is 1.24 bits per heavy atom. The van der Waals surface area contributed by atoms with Crippen LogP contribution in [-0.2, 0) is 10.7 Å². The fraction of sp³-hybridized carbons (Fsp3) is 0.520. The first-order valence-corrected chi connectivity index (χ1v) is 12.5. The maximum atomic E-state index is 14.7. The molecule has 2 atom stereocenters. The van der Waals surface area contributed by atoms with Crippen molar-refractivity contribution >= 4 is 34.6 Å². The second kappa shape index (κ2) is 9.79. The summed E-state index contributed by atoms with van der Waals surface area (Å²) in [5.74, 6) is -3.93. The summed E-state index contributed by atoms with van der Waals surface area (Å²) in [4.78, 5) is 38.5. The number of alkyl halides is 2. The van der Waals surface area contributed by atoms with Gasteiger partial charge in [-0.15, -0.1) is 0 Å². The summed E-state index contributed by atoms with van der Waals surface area (Å²) in [6.07, 6.45) is 0.701. The largest absolute Gasteiger partial charge is 0.444 e. The number of amides is 3. The van der Waals surface area contributed by atoms with Crippen molar-refractivity contribution in [3.05, 3.63) is 46.8 Å². The zero-order valence-corrected chi connectivity index (χ0v) is 22.7. The highest BCUT2D eigenvalue weighted by atomic mass is 35.5. The molecule has 3 amide bonds. The molecule has 13 heteroatoms. The van der Waals surface area contributed by atoms with Gasteiger partial charge in [-0.25, -0.2) is 19.0 Å². The number of anilines is 1. The van der Waals surface area contributed by atoms with Gasteiger partial charge in [0.2, 0.25) is 0 Å². The molecule has 3 aliphatic rings. The van der Waals surface area contributed by atoms with Crippen molar-refractivity contribution in [2.45, 2.75) is 65.3 Å². The van der Waals surface area contributed by atoms with Crippen LogP contribution in [0.1, 0.15) is 45.9 Å². The average molecular weight is 555 g/mol. The van der Waals surface area contributed by atoms with Gasteiger partial charge in [-0.05, 0) is 52.3 Å². The number of ether oxygens (including phenoxy) is 1. The predicted octanol–water partition coefficient (Wildman–Crippen LogP) is 5.01. The molecule has 9 nitrogen and oxygen atoms in total. The number of dihydropyridines is 1. The van der Waals surface area contributed by atoms with E-state index in [4.69, 9.17) is 16.3 Å². The molecule has 4 heterocycles. The van der Waals surface area contributed by atoms with E-state index in [1.165, 1.54) is 12.3 Å². The molecule has 3 aliphatic heterocycles. The molecule has 0 aliphatic carbocycles. The highest BCUT2D eigenvalue weighted by molar-refractivity contribution is 6.69. The molecule has 1 N–H and O–H groups in total. The third-order valence-electron chi connectivity index (χ3n) is 6.30. The van der Waals surface area contributed by atoms with Gasteiger partial charge in [-0.1, -0.05) is 11.6 Å². The Morgan fingerprint density at radius 2 is 1.92 bits per heavy atom. The first-order chi connectivity index (χ1) is 17.6. The van der Waals surface area contributed by atoms with Crippen LogP contribution in [0, 0.1) is 6.92 Å². The highest BCUT2D eigenvalue weighted by Gasteiger charge is 2.44. The predicted molar refractivity (Wildman–Crippen MR) is 137 cm³/mol. The molecule has 206 valence electrons. The van der Waals surface area contributed by atoms with Crippen LogP contribution < -0.4 is 10.2 Å². The SMILES string of the molecule is Cc1ccnc(C(C)(F)F)c1N1C(=O)NC(N2CCN(C(=O)OC(C)(C)C)C[C@@H]2C)=C2C=C(F)C(Cl)=NC21. The standard InChI is InChI=1S/C25H30ClF3N6O3/c1-13-7-8-30-18(25(6,28)29)17(13)35-21-15(11-16(27)19(26)31-21)20(32-22(35)36)34-10-9-33(12-14(34)2)23(37)38-24(3,4)5/h7-8,11,14,21H,9-10,12H2,1-6H3,(H,32,36)/t14-,21?/m0/s1. The zero-order chi connectivity index (χ0) is 28.2. The summed E-state index contributed by atoms with van der Waals surface area (Å²) >= 11 is 6.02. The normalized spacial score (nSPS) is 22.6. The Bertz CT molecular complexity index is 1250. The number of fused-ring (bicyclic) bond motifs is 1. The van der Waals surface area contributed by atoms with Crippen molar-refractivity contribution in [1.82, 2.24) is 20.1 Å². The number of rotatable bonds is 3. The zero-order valence-electron chi connectivity index (χ0n) is 22.0. The number of pyridine rings is 1. The number of aromatic nitrogens is 1. The number of allylic oxidation sites excluding steroid dienone is 1. The van der Waals surface area contributed by atoms with Crippen LogP contribution in [0.2, 0.25) is 0 Å². The van der Waals surface area contributed by atoms with E-state index < -0.39 is 46.5 Å². The average Bonchev–Trinajstić information content (AvgIpc) is 2.78. The third-order valence-corrected chi connectivity index (χ3v) is 6.58. The van der Waals surface area contributed by atoms with E-state index >= 15 is 0 Å². The number of aryl methyl sites for hydroxylation is 1. The Kier molecular flexibility index (Phi) is 7.15. The van der Waals surface area contributed by atoms with Crippen LogP contribution in [-0.4, -0.2) is 69.5 Å². The number of nitrogens with one attached hydrogen (secondary N) is 1. The van der Waals surface area contributed by atoms with Gasteiger partial charge in [0, 0.05) is 44.4 Å². The molecule has 0 saturated carbocycles. The van der Waals surface area contributed by atoms with Crippen molar-refractivity contribution < 1.29 is 27.5 Å². The molecule has 0 aromatic carbocycles. The second-order valence-corrected chi connectivity index (χ2v) is 10.9. The fourth-order valence-corrected chi connectivity index (χ4v) is 4.81. The molecule has 1 saturated heterocycles. The monoisotopic (exact) mass is 554 g/mol. The molecule has 1 fully saturated rings. The van der Waals surface area contributed by atoms with Crippen LogP contribution in [0.15, 0.2) is 40.6 Å². The van der Waals surface area contributed by atoms with Gasteiger partial charge >= 0.3 is 12.1 Å². The molecule has 0 bridgehead atoms. The molecular formula is C25H30ClF3N6O3. The van der Waals surface area contributed by atoms with Gasteiger partial charge in [0.25, 0.3) is 5.92 Å². The Morgan fingerprint density at radius 3 is 2.53 bits per heavy atom. The Labute approximate surface area is 224 Å². The number of hydrogen-bond donors (Lipinski definition) is 1. The van der Waals surface area contributed by atoms with Crippen molar-refractivity contribution in [2.24, 2.45) is 4.99 Å². The van der Waals surface area contributed by atoms with Gasteiger partial charge in [0.05, 0.1) is 5.69 Å². The lowest BCUT2D eigenvalue weighted by Crippen LogP contribution is -2.60. The first-order valence-electron chi connectivity index (χ1n) is 12.1. The van der Waals surface area contributed by atoms with Gasteiger partial charge in [0.15, 0.2) is 17.2 Å². The number of hydrogen-bond acceptors (Lipinski definition) is 6. The van der Waals surface area contributed by atoms with Gasteiger partial charge in [0.1, 0.15) is 17.1 Å². The van der Waals surface area contributed by atoms with Crippen molar-refractivity contribution in [2.75, 3.05) is 24.5 Å². The van der Waals surface area contributed by atoms with E-state index in [1.54, 1.807) is 32.6 Å². The van der Waals surface area contributed by atoms with Gasteiger partial charge in [-0.2, -0.15) is 8.78 Å². The lowest BCUT2D eigenvalue weighted by atomic mass is 10.0. The highest BCUT2D eigenvalue weighted by Crippen LogP contribution is 2.41. The molecule has 1 aromatic rings. The van der Waals surface area contributed by atoms with Crippen LogP contribution in [0.4, 0.5) is 28.4 Å². The Hall–Kier alpha value is -3.28. The minimum Gasteiger partial charge on any atom is -0.444 e. The van der Waals surface area contributed by atoms with Gasteiger partial charge in [-0.3, -0.25) is 15.2 Å². The number of carbonyl (C=O) groups excluding carboxylic acids is 2. The number of carbonyl (C=O) groups is 2. The maximum Gasteiger partial charge on any atom is 0.410 e. The minimum atomic E-state index is -3.37. The second-order valence-electron chi connectivity index (χ2n) is 10.6. The summed E-state index contributed by atoms with van der Waals surface area (Å²) in [5, 5.41) is 2.27. The number of halogens is 4. The molecule has 0 spiro atoms. The molecule has 1 unspecified atom stereocenters. The summed E-state index contributed by atoms with van der Waals surface area (Å²) in [5.41, 5.74) is -0.814. The smallest absolute Gasteiger partial charge is 0.410 e. The van der Waals surface area contributed by atoms with E-state index in [9.17, 15) is 22.8 Å². The van der Waals surface area contributed by atoms with Crippen LogP contribution in [0.3, 0.4) is 0 Å². The number of urea groups is 1. The van der Waals surface area contributed by atoms with Gasteiger partial charge < -0.3 is 14.5 Å². The fourth-order valence-electron chi connectivity index (χ4n) is 4.66. The van der Waals surface area contributed by atoms with E-state index in [-0.39, 0.29) is 36.2 Å². The molecular weight excluding hydrogens is 525 g/mol. The minimum absolute atomic E-state index is 0.134. The summed E-state index contributed by atoms with van der Waals surface area (Å²) in [7, 11) is 0. The van der Waals surface area contributed by atoms with Crippen molar-refractivity contribution in [1.29, 1.82) is 0 Å². The lowest BCUT2D eigenvalue weighted by molar-refractivity contribution is 0.00895. The maximum absolute atomic E-state index is 14.7. The van der Waals surface area contributed by atoms with Crippen LogP contribution in [0.5, 0.6) is 0 Å². The Balaban J connectivity index is 1.74. The topological polar surface area (TPSA) is 90.4 Å². The molecule has 38 heavy (non-hydrogen) atoms. The molecule has 0 radical (unpaired) electrons. The van der Waals surface area contributed by atoms with E-state index in [2.05, 4.69) is 15.3 Å². The quantitative estimate of drug-likeness (QED) is 0.567. The third kappa shape index (κ3) is 5.31. The number of piperazine rings is 1. The van der Waals surface area contributed by atoms with Crippen molar-refractivity contribution in [3.63, 3.8) is 0 Å². The summed E-state index contributed by atoms with van der Waals surface area (Å²) in [6.45, 7) is 10.3. The number of aliphatic imine (C=N–C) groups is 1. The first kappa shape index (κ1) is 27.7. The van der Waals surface area contributed by atoms with E-state index in [0.29, 0.717) is 19.0 Å². The molecule has 1 aromatic heterocycles. The molecule has 4 rings (SSSR count). The summed E-state index contributed by atoms with van der Waals surface area (Å²) < 4.78 is 49.3. The van der Waals surface area contributed by atoms with E-state index in [1.807, 2.05) is 11.8 Å². The van der Waals surface area contributed by atoms with E-state index in [0.717, 1.165) is 11.0 Å². The van der Waals surface area contributed by atoms with Crippen LogP contribution >= 0.6 is 11.6 Å².